The Morgan fingerprint density at radius 2 is 1.96 bits per heavy atom. The molecule has 2 amide bonds. The van der Waals surface area contributed by atoms with E-state index in [0.717, 1.165) is 10.2 Å². The van der Waals surface area contributed by atoms with Gasteiger partial charge in [-0.25, -0.2) is 0 Å². The fourth-order valence-corrected chi connectivity index (χ4v) is 2.57. The van der Waals surface area contributed by atoms with Crippen molar-refractivity contribution in [1.82, 2.24) is 10.9 Å². The highest BCUT2D eigenvalue weighted by Crippen LogP contribution is 2.28. The van der Waals surface area contributed by atoms with Crippen molar-refractivity contribution in [1.29, 1.82) is 0 Å². The Morgan fingerprint density at radius 3 is 2.61 bits per heavy atom. The van der Waals surface area contributed by atoms with Crippen molar-refractivity contribution in [2.24, 2.45) is 5.92 Å². The molecule has 2 N–H and O–H groups in total. The van der Waals surface area contributed by atoms with Crippen LogP contribution in [0.1, 0.15) is 36.4 Å². The number of carbonyl (C=O) groups excluding carboxylic acids is 2. The standard InChI is InChI=1S/C20H23IN2O5/c1-13(2)10-11-27-16-7-4-14(12-17(16)26-3)20(25)23-22-19(24)9-6-15-5-8-18(21)28-15/h4-9,12-13H,10-11H2,1-3H3,(H,22,24)(H,23,25)/b9-6+. The number of amides is 2. The fraction of sp³-hybridized carbons (Fsp3) is 0.300. The minimum atomic E-state index is -0.486. The summed E-state index contributed by atoms with van der Waals surface area (Å²) in [6, 6.07) is 8.36. The van der Waals surface area contributed by atoms with Crippen molar-refractivity contribution < 1.29 is 23.5 Å². The number of rotatable bonds is 8. The second-order valence-electron chi connectivity index (χ2n) is 6.32. The Kier molecular flexibility index (Phi) is 8.37. The van der Waals surface area contributed by atoms with Crippen LogP contribution in [0.4, 0.5) is 0 Å². The molecule has 8 heteroatoms. The molecule has 0 aliphatic rings. The second-order valence-corrected chi connectivity index (χ2v) is 7.38. The van der Waals surface area contributed by atoms with E-state index in [1.54, 1.807) is 30.3 Å². The summed E-state index contributed by atoms with van der Waals surface area (Å²) in [6.07, 6.45) is 3.69. The van der Waals surface area contributed by atoms with E-state index in [9.17, 15) is 9.59 Å². The number of ether oxygens (including phenoxy) is 2. The number of hydrogen-bond donors (Lipinski definition) is 2. The summed E-state index contributed by atoms with van der Waals surface area (Å²) in [5, 5.41) is 0. The van der Waals surface area contributed by atoms with Crippen LogP contribution in [0, 0.1) is 9.68 Å². The largest absolute Gasteiger partial charge is 0.493 e. The van der Waals surface area contributed by atoms with Crippen LogP contribution < -0.4 is 20.3 Å². The maximum Gasteiger partial charge on any atom is 0.269 e. The molecule has 2 rings (SSSR count). The van der Waals surface area contributed by atoms with E-state index >= 15 is 0 Å². The van der Waals surface area contributed by atoms with E-state index in [4.69, 9.17) is 13.9 Å². The Hall–Kier alpha value is -2.49. The van der Waals surface area contributed by atoms with Gasteiger partial charge in [-0.3, -0.25) is 20.4 Å². The van der Waals surface area contributed by atoms with Crippen LogP contribution in [-0.4, -0.2) is 25.5 Å². The number of halogens is 1. The molecular weight excluding hydrogens is 475 g/mol. The SMILES string of the molecule is COc1cc(C(=O)NNC(=O)/C=C/c2ccc(I)o2)ccc1OCCC(C)C. The quantitative estimate of drug-likeness (QED) is 0.329. The molecule has 0 fully saturated rings. The molecule has 2 aromatic rings. The minimum absolute atomic E-state index is 0.331. The van der Waals surface area contributed by atoms with Gasteiger partial charge in [-0.1, -0.05) is 13.8 Å². The zero-order valence-electron chi connectivity index (χ0n) is 16.0. The number of hydrazine groups is 1. The van der Waals surface area contributed by atoms with Crippen molar-refractivity contribution in [3.05, 3.63) is 51.5 Å². The molecule has 0 atom stereocenters. The monoisotopic (exact) mass is 498 g/mol. The lowest BCUT2D eigenvalue weighted by Crippen LogP contribution is -2.40. The molecule has 150 valence electrons. The molecule has 0 radical (unpaired) electrons. The summed E-state index contributed by atoms with van der Waals surface area (Å²) in [6.45, 7) is 4.80. The van der Waals surface area contributed by atoms with Crippen LogP contribution in [0.3, 0.4) is 0 Å². The van der Waals surface area contributed by atoms with Crippen LogP contribution in [0.5, 0.6) is 11.5 Å². The van der Waals surface area contributed by atoms with Crippen molar-refractivity contribution in [2.75, 3.05) is 13.7 Å². The number of furan rings is 1. The Bertz CT molecular complexity index is 845. The van der Waals surface area contributed by atoms with Gasteiger partial charge in [0.05, 0.1) is 13.7 Å². The van der Waals surface area contributed by atoms with E-state index in [-0.39, 0.29) is 0 Å². The van der Waals surface area contributed by atoms with Gasteiger partial charge in [-0.2, -0.15) is 0 Å². The minimum Gasteiger partial charge on any atom is -0.493 e. The summed E-state index contributed by atoms with van der Waals surface area (Å²) >= 11 is 2.03. The predicted molar refractivity (Wildman–Crippen MR) is 114 cm³/mol. The Morgan fingerprint density at radius 1 is 1.18 bits per heavy atom. The maximum absolute atomic E-state index is 12.2. The third kappa shape index (κ3) is 6.91. The maximum atomic E-state index is 12.2. The van der Waals surface area contributed by atoms with Crippen LogP contribution in [0.25, 0.3) is 6.08 Å². The van der Waals surface area contributed by atoms with E-state index in [1.807, 2.05) is 22.6 Å². The average molecular weight is 498 g/mol. The Balaban J connectivity index is 1.90. The lowest BCUT2D eigenvalue weighted by Gasteiger charge is -2.13. The highest BCUT2D eigenvalue weighted by atomic mass is 127. The molecule has 0 saturated carbocycles. The van der Waals surface area contributed by atoms with Crippen molar-refractivity contribution in [3.8, 4) is 11.5 Å². The topological polar surface area (TPSA) is 89.8 Å². The highest BCUT2D eigenvalue weighted by Gasteiger charge is 2.12. The molecule has 0 saturated heterocycles. The van der Waals surface area contributed by atoms with Crippen LogP contribution in [0.2, 0.25) is 0 Å². The lowest BCUT2D eigenvalue weighted by atomic mass is 10.1. The van der Waals surface area contributed by atoms with Gasteiger partial charge < -0.3 is 13.9 Å². The van der Waals surface area contributed by atoms with Gasteiger partial charge in [-0.15, -0.1) is 0 Å². The van der Waals surface area contributed by atoms with Gasteiger partial charge in [-0.05, 0) is 71.3 Å². The molecule has 1 aromatic heterocycles. The first-order valence-corrected chi connectivity index (χ1v) is 9.81. The van der Waals surface area contributed by atoms with E-state index in [0.29, 0.717) is 35.3 Å². The van der Waals surface area contributed by atoms with Gasteiger partial charge in [0.1, 0.15) is 5.76 Å². The summed E-state index contributed by atoms with van der Waals surface area (Å²) in [7, 11) is 1.51. The van der Waals surface area contributed by atoms with Crippen molar-refractivity contribution in [2.45, 2.75) is 20.3 Å². The first kappa shape index (κ1) is 21.8. The summed E-state index contributed by atoms with van der Waals surface area (Å²) in [5.74, 6) is 1.14. The predicted octanol–water partition coefficient (Wildman–Crippen LogP) is 3.79. The average Bonchev–Trinajstić information content (AvgIpc) is 3.09. The van der Waals surface area contributed by atoms with Gasteiger partial charge in [0.15, 0.2) is 15.3 Å². The molecule has 0 spiro atoms. The van der Waals surface area contributed by atoms with Crippen LogP contribution in [0.15, 0.2) is 40.8 Å². The van der Waals surface area contributed by atoms with E-state index in [2.05, 4.69) is 24.7 Å². The van der Waals surface area contributed by atoms with E-state index < -0.39 is 11.8 Å². The van der Waals surface area contributed by atoms with Gasteiger partial charge >= 0.3 is 0 Å². The van der Waals surface area contributed by atoms with Crippen molar-refractivity contribution in [3.63, 3.8) is 0 Å². The number of hydrogen-bond acceptors (Lipinski definition) is 5. The van der Waals surface area contributed by atoms with Crippen LogP contribution in [-0.2, 0) is 4.79 Å². The molecule has 7 nitrogen and oxygen atoms in total. The third-order valence-corrected chi connectivity index (χ3v) is 4.25. The molecule has 0 aliphatic carbocycles. The first-order chi connectivity index (χ1) is 13.4. The summed E-state index contributed by atoms with van der Waals surface area (Å²) in [4.78, 5) is 24.1. The molecule has 1 aromatic carbocycles. The zero-order valence-corrected chi connectivity index (χ0v) is 18.1. The number of carbonyl (C=O) groups is 2. The number of methoxy groups -OCH3 is 1. The summed E-state index contributed by atoms with van der Waals surface area (Å²) < 4.78 is 17.0. The summed E-state index contributed by atoms with van der Waals surface area (Å²) in [5.41, 5.74) is 5.00. The second kappa shape index (κ2) is 10.7. The van der Waals surface area contributed by atoms with Crippen LogP contribution >= 0.6 is 22.6 Å². The number of nitrogens with one attached hydrogen (secondary N) is 2. The fourth-order valence-electron chi connectivity index (χ4n) is 2.14. The highest BCUT2D eigenvalue weighted by molar-refractivity contribution is 14.1. The number of benzene rings is 1. The molecule has 0 unspecified atom stereocenters. The first-order valence-electron chi connectivity index (χ1n) is 8.73. The zero-order chi connectivity index (χ0) is 20.5. The molecule has 0 aliphatic heterocycles. The molecular formula is C20H23IN2O5. The molecule has 0 bridgehead atoms. The third-order valence-electron chi connectivity index (χ3n) is 3.67. The Labute approximate surface area is 177 Å². The van der Waals surface area contributed by atoms with Gasteiger partial charge in [0.25, 0.3) is 11.8 Å². The van der Waals surface area contributed by atoms with Gasteiger partial charge in [0.2, 0.25) is 0 Å². The smallest absolute Gasteiger partial charge is 0.269 e. The van der Waals surface area contributed by atoms with Crippen molar-refractivity contribution >= 4 is 40.5 Å². The normalized spacial score (nSPS) is 10.9. The molecule has 28 heavy (non-hydrogen) atoms. The lowest BCUT2D eigenvalue weighted by molar-refractivity contribution is -0.117. The van der Waals surface area contributed by atoms with Gasteiger partial charge in [0, 0.05) is 11.6 Å². The molecule has 1 heterocycles. The van der Waals surface area contributed by atoms with E-state index in [1.165, 1.54) is 19.3 Å².